The standard InChI is InChI=1S/C14H12N2O2/c17-13-11-8-4-5-9-12(11)18-14(16-13)15-10-6-2-1-3-7-10/h1-9,14-15H,(H,16,17). The highest BCUT2D eigenvalue weighted by molar-refractivity contribution is 5.98. The van der Waals surface area contributed by atoms with E-state index in [-0.39, 0.29) is 5.91 Å². The summed E-state index contributed by atoms with van der Waals surface area (Å²) in [6.45, 7) is 0. The molecule has 3 rings (SSSR count). The van der Waals surface area contributed by atoms with Crippen molar-refractivity contribution in [3.05, 3.63) is 60.2 Å². The van der Waals surface area contributed by atoms with Gasteiger partial charge in [0.15, 0.2) is 0 Å². The predicted octanol–water partition coefficient (Wildman–Crippen LogP) is 2.20. The highest BCUT2D eigenvalue weighted by atomic mass is 16.5. The molecule has 2 N–H and O–H groups in total. The average molecular weight is 240 g/mol. The van der Waals surface area contributed by atoms with E-state index in [1.165, 1.54) is 0 Å². The lowest BCUT2D eigenvalue weighted by Crippen LogP contribution is -2.48. The molecule has 1 heterocycles. The molecule has 4 nitrogen and oxygen atoms in total. The van der Waals surface area contributed by atoms with E-state index in [1.54, 1.807) is 12.1 Å². The van der Waals surface area contributed by atoms with E-state index in [0.717, 1.165) is 5.69 Å². The number of anilines is 1. The Morgan fingerprint density at radius 3 is 2.56 bits per heavy atom. The van der Waals surface area contributed by atoms with Crippen molar-refractivity contribution in [2.24, 2.45) is 0 Å². The lowest BCUT2D eigenvalue weighted by atomic mass is 10.1. The summed E-state index contributed by atoms with van der Waals surface area (Å²) in [5.74, 6) is 0.458. The molecule has 0 fully saturated rings. The summed E-state index contributed by atoms with van der Waals surface area (Å²) in [5, 5.41) is 5.85. The third kappa shape index (κ3) is 2.00. The number of carbonyl (C=O) groups is 1. The van der Waals surface area contributed by atoms with Crippen LogP contribution >= 0.6 is 0 Å². The number of hydrogen-bond acceptors (Lipinski definition) is 3. The number of hydrogen-bond donors (Lipinski definition) is 2. The SMILES string of the molecule is O=C1NC(Nc2ccccc2)Oc2ccccc21. The van der Waals surface area contributed by atoms with Gasteiger partial charge in [0, 0.05) is 5.69 Å². The van der Waals surface area contributed by atoms with Gasteiger partial charge in [0.2, 0.25) is 0 Å². The molecule has 4 heteroatoms. The smallest absolute Gasteiger partial charge is 0.259 e. The second kappa shape index (κ2) is 4.41. The maximum Gasteiger partial charge on any atom is 0.259 e. The van der Waals surface area contributed by atoms with Crippen LogP contribution in [0.3, 0.4) is 0 Å². The van der Waals surface area contributed by atoms with Crippen LogP contribution < -0.4 is 15.4 Å². The Balaban J connectivity index is 1.80. The lowest BCUT2D eigenvalue weighted by Gasteiger charge is -2.27. The average Bonchev–Trinajstić information content (AvgIpc) is 2.40. The maximum absolute atomic E-state index is 11.9. The Morgan fingerprint density at radius 2 is 1.72 bits per heavy atom. The van der Waals surface area contributed by atoms with Crippen LogP contribution in [0.4, 0.5) is 5.69 Å². The number of fused-ring (bicyclic) bond motifs is 1. The normalized spacial score (nSPS) is 17.3. The molecule has 1 aliphatic rings. The molecule has 1 amide bonds. The number of rotatable bonds is 2. The third-order valence-electron chi connectivity index (χ3n) is 2.71. The predicted molar refractivity (Wildman–Crippen MR) is 68.4 cm³/mol. The van der Waals surface area contributed by atoms with Crippen LogP contribution in [0.15, 0.2) is 54.6 Å². The Hall–Kier alpha value is -2.49. The maximum atomic E-state index is 11.9. The first-order valence-corrected chi connectivity index (χ1v) is 5.71. The largest absolute Gasteiger partial charge is 0.452 e. The number of benzene rings is 2. The van der Waals surface area contributed by atoms with Gasteiger partial charge in [-0.2, -0.15) is 0 Å². The first kappa shape index (κ1) is 10.7. The molecule has 0 aliphatic carbocycles. The minimum Gasteiger partial charge on any atom is -0.452 e. The van der Waals surface area contributed by atoms with Crippen LogP contribution in [-0.4, -0.2) is 12.3 Å². The van der Waals surface area contributed by atoms with Gasteiger partial charge in [0.1, 0.15) is 5.75 Å². The fourth-order valence-electron chi connectivity index (χ4n) is 1.86. The molecule has 0 aromatic heterocycles. The highest BCUT2D eigenvalue weighted by Crippen LogP contribution is 2.23. The summed E-state index contributed by atoms with van der Waals surface area (Å²) in [7, 11) is 0. The zero-order valence-corrected chi connectivity index (χ0v) is 9.59. The molecule has 2 aromatic carbocycles. The molecular formula is C14H12N2O2. The number of carbonyl (C=O) groups excluding carboxylic acids is 1. The third-order valence-corrected chi connectivity index (χ3v) is 2.71. The Bertz CT molecular complexity index is 569. The molecule has 0 spiro atoms. The van der Waals surface area contributed by atoms with Crippen LogP contribution in [-0.2, 0) is 0 Å². The Labute approximate surface area is 105 Å². The lowest BCUT2D eigenvalue weighted by molar-refractivity contribution is 0.0800. The topological polar surface area (TPSA) is 50.4 Å². The molecule has 1 aliphatic heterocycles. The number of ether oxygens (including phenoxy) is 1. The first-order chi connectivity index (χ1) is 8.83. The van der Waals surface area contributed by atoms with E-state index < -0.39 is 6.35 Å². The van der Waals surface area contributed by atoms with Gasteiger partial charge < -0.3 is 10.1 Å². The van der Waals surface area contributed by atoms with Gasteiger partial charge in [-0.15, -0.1) is 0 Å². The summed E-state index contributed by atoms with van der Waals surface area (Å²) < 4.78 is 5.66. The molecule has 1 atom stereocenters. The van der Waals surface area contributed by atoms with Crippen molar-refractivity contribution < 1.29 is 9.53 Å². The minimum absolute atomic E-state index is 0.134. The van der Waals surface area contributed by atoms with Crippen molar-refractivity contribution in [2.45, 2.75) is 6.35 Å². The summed E-state index contributed by atoms with van der Waals surface area (Å²) >= 11 is 0. The summed E-state index contributed by atoms with van der Waals surface area (Å²) in [4.78, 5) is 11.9. The van der Waals surface area contributed by atoms with E-state index >= 15 is 0 Å². The fraction of sp³-hybridized carbons (Fsp3) is 0.0714. The van der Waals surface area contributed by atoms with Gasteiger partial charge in [-0.05, 0) is 24.3 Å². The molecule has 1 unspecified atom stereocenters. The quantitative estimate of drug-likeness (QED) is 0.846. The summed E-state index contributed by atoms with van der Waals surface area (Å²) in [6, 6.07) is 16.8. The van der Waals surface area contributed by atoms with Crippen LogP contribution in [0, 0.1) is 0 Å². The van der Waals surface area contributed by atoms with Gasteiger partial charge in [0.05, 0.1) is 5.56 Å². The van der Waals surface area contributed by atoms with E-state index in [2.05, 4.69) is 10.6 Å². The summed E-state index contributed by atoms with van der Waals surface area (Å²) in [5.41, 5.74) is 1.45. The zero-order valence-electron chi connectivity index (χ0n) is 9.59. The van der Waals surface area contributed by atoms with Crippen LogP contribution in [0.25, 0.3) is 0 Å². The van der Waals surface area contributed by atoms with Crippen molar-refractivity contribution in [2.75, 3.05) is 5.32 Å². The fourth-order valence-corrected chi connectivity index (χ4v) is 1.86. The van der Waals surface area contributed by atoms with E-state index in [1.807, 2.05) is 42.5 Å². The molecule has 18 heavy (non-hydrogen) atoms. The van der Waals surface area contributed by atoms with Gasteiger partial charge in [0.25, 0.3) is 12.3 Å². The molecule has 0 radical (unpaired) electrons. The van der Waals surface area contributed by atoms with Crippen molar-refractivity contribution in [3.8, 4) is 5.75 Å². The second-order valence-electron chi connectivity index (χ2n) is 3.98. The summed E-state index contributed by atoms with van der Waals surface area (Å²) in [6.07, 6.45) is -0.546. The molecule has 0 saturated heterocycles. The van der Waals surface area contributed by atoms with Crippen LogP contribution in [0.2, 0.25) is 0 Å². The van der Waals surface area contributed by atoms with Gasteiger partial charge in [-0.1, -0.05) is 30.3 Å². The van der Waals surface area contributed by atoms with Crippen molar-refractivity contribution in [1.82, 2.24) is 5.32 Å². The molecule has 0 saturated carbocycles. The molecule has 2 aromatic rings. The van der Waals surface area contributed by atoms with Crippen LogP contribution in [0.1, 0.15) is 10.4 Å². The monoisotopic (exact) mass is 240 g/mol. The van der Waals surface area contributed by atoms with Crippen molar-refractivity contribution in [1.29, 1.82) is 0 Å². The van der Waals surface area contributed by atoms with E-state index in [0.29, 0.717) is 11.3 Å². The van der Waals surface area contributed by atoms with Crippen molar-refractivity contribution >= 4 is 11.6 Å². The molecule has 90 valence electrons. The highest BCUT2D eigenvalue weighted by Gasteiger charge is 2.24. The van der Waals surface area contributed by atoms with Crippen molar-refractivity contribution in [3.63, 3.8) is 0 Å². The zero-order chi connectivity index (χ0) is 12.4. The van der Waals surface area contributed by atoms with Gasteiger partial charge >= 0.3 is 0 Å². The first-order valence-electron chi connectivity index (χ1n) is 5.71. The number of para-hydroxylation sites is 2. The molecule has 0 bridgehead atoms. The van der Waals surface area contributed by atoms with Gasteiger partial charge in [-0.25, -0.2) is 0 Å². The minimum atomic E-state index is -0.546. The number of amides is 1. The van der Waals surface area contributed by atoms with E-state index in [4.69, 9.17) is 4.74 Å². The Kier molecular flexibility index (Phi) is 2.61. The second-order valence-corrected chi connectivity index (χ2v) is 3.98. The van der Waals surface area contributed by atoms with E-state index in [9.17, 15) is 4.79 Å². The number of nitrogens with one attached hydrogen (secondary N) is 2. The van der Waals surface area contributed by atoms with Gasteiger partial charge in [-0.3, -0.25) is 10.1 Å². The van der Waals surface area contributed by atoms with Crippen LogP contribution in [0.5, 0.6) is 5.75 Å². The Morgan fingerprint density at radius 1 is 1.00 bits per heavy atom. The molecular weight excluding hydrogens is 228 g/mol.